The summed E-state index contributed by atoms with van der Waals surface area (Å²) in [6.45, 7) is 11.8. The molecule has 0 bridgehead atoms. The third kappa shape index (κ3) is 6.69. The van der Waals surface area contributed by atoms with Crippen LogP contribution in [0.3, 0.4) is 0 Å². The summed E-state index contributed by atoms with van der Waals surface area (Å²) in [4.78, 5) is 4.43. The summed E-state index contributed by atoms with van der Waals surface area (Å²) in [5.41, 5.74) is 3.41. The van der Waals surface area contributed by atoms with Gasteiger partial charge in [0.05, 0.1) is 8.07 Å². The minimum absolute atomic E-state index is 0.570. The van der Waals surface area contributed by atoms with Crippen LogP contribution in [0, 0.1) is 17.1 Å². The third-order valence-electron chi connectivity index (χ3n) is 3.63. The number of rotatable bonds is 5. The molecule has 128 valence electrons. The van der Waals surface area contributed by atoms with Gasteiger partial charge in [0.25, 0.3) is 11.4 Å². The zero-order chi connectivity index (χ0) is 18.3. The van der Waals surface area contributed by atoms with Gasteiger partial charge in [-0.15, -0.1) is 0 Å². The van der Waals surface area contributed by atoms with Crippen molar-refractivity contribution in [1.82, 2.24) is 4.98 Å². The quantitative estimate of drug-likeness (QED) is 0.0997. The summed E-state index contributed by atoms with van der Waals surface area (Å²) < 4.78 is 2.79. The Morgan fingerprint density at radius 1 is 1.38 bits per heavy atom. The highest BCUT2D eigenvalue weighted by molar-refractivity contribution is 14.1. The van der Waals surface area contributed by atoms with Crippen LogP contribution in [0.15, 0.2) is 33.2 Å². The molecule has 0 aromatic carbocycles. The molecule has 1 heterocycles. The summed E-state index contributed by atoms with van der Waals surface area (Å²) >= 11 is 6.26. The van der Waals surface area contributed by atoms with Gasteiger partial charge >= 0.3 is 0 Å². The van der Waals surface area contributed by atoms with E-state index in [1.807, 2.05) is 12.3 Å². The Hall–Kier alpha value is -0.0431. The first-order chi connectivity index (χ1) is 11.2. The van der Waals surface area contributed by atoms with Crippen LogP contribution in [-0.2, 0) is 11.4 Å². The lowest BCUT2D eigenvalue weighted by molar-refractivity contribution is 0.671. The second-order valence-electron chi connectivity index (χ2n) is 6.62. The number of aromatic nitrogens is 1. The molecule has 0 aliphatic heterocycles. The van der Waals surface area contributed by atoms with E-state index >= 15 is 0 Å². The van der Waals surface area contributed by atoms with Crippen molar-refractivity contribution in [3.05, 3.63) is 44.4 Å². The average molecular weight is 580 g/mol. The van der Waals surface area contributed by atoms with Gasteiger partial charge in [0, 0.05) is 21.3 Å². The van der Waals surface area contributed by atoms with Crippen molar-refractivity contribution in [2.75, 3.05) is 0 Å². The van der Waals surface area contributed by atoms with Crippen LogP contribution < -0.4 is 0 Å². The minimum Gasteiger partial charge on any atom is -0.247 e. The summed E-state index contributed by atoms with van der Waals surface area (Å²) in [6.07, 6.45) is 5.41. The Morgan fingerprint density at radius 2 is 2.04 bits per heavy atom. The Bertz CT molecular complexity index is 704. The molecule has 0 saturated carbocycles. The molecular formula is C19H24I2NSSi+. The maximum absolute atomic E-state index is 4.43. The SMILES string of the molecule is C=[S+]C#Cc1ccc(/C(I)=C/C(=C(\I)[Si](C)(C)C)C(C)CC)cn1. The first-order valence-electron chi connectivity index (χ1n) is 7.86. The highest BCUT2D eigenvalue weighted by Crippen LogP contribution is 2.34. The molecule has 1 rings (SSSR count). The van der Waals surface area contributed by atoms with Crippen molar-refractivity contribution in [2.45, 2.75) is 39.9 Å². The second-order valence-corrected chi connectivity index (χ2v) is 15.4. The highest BCUT2D eigenvalue weighted by atomic mass is 127. The van der Waals surface area contributed by atoms with E-state index in [2.05, 4.69) is 113 Å². The molecule has 1 nitrogen and oxygen atoms in total. The summed E-state index contributed by atoms with van der Waals surface area (Å²) in [7, 11) is -1.32. The van der Waals surface area contributed by atoms with E-state index in [-0.39, 0.29) is 0 Å². The summed E-state index contributed by atoms with van der Waals surface area (Å²) in [6, 6.07) is 4.07. The number of allylic oxidation sites excluding steroid dienone is 2. The molecule has 0 radical (unpaired) electrons. The molecule has 24 heavy (non-hydrogen) atoms. The lowest BCUT2D eigenvalue weighted by atomic mass is 9.99. The smallest absolute Gasteiger partial charge is 0.247 e. The van der Waals surface area contributed by atoms with E-state index in [1.165, 1.54) is 20.5 Å². The fourth-order valence-electron chi connectivity index (χ4n) is 1.99. The van der Waals surface area contributed by atoms with Crippen molar-refractivity contribution in [1.29, 1.82) is 0 Å². The first kappa shape index (κ1) is 22.0. The van der Waals surface area contributed by atoms with Crippen LogP contribution in [0.2, 0.25) is 19.6 Å². The van der Waals surface area contributed by atoms with Gasteiger partial charge in [-0.3, -0.25) is 0 Å². The largest absolute Gasteiger partial charge is 0.272 e. The molecular weight excluding hydrogens is 556 g/mol. The van der Waals surface area contributed by atoms with Gasteiger partial charge in [-0.2, -0.15) is 0 Å². The molecule has 0 fully saturated rings. The molecule has 0 aliphatic rings. The molecule has 1 atom stereocenters. The van der Waals surface area contributed by atoms with Gasteiger partial charge < -0.3 is 0 Å². The number of halogens is 2. The summed E-state index contributed by atoms with van der Waals surface area (Å²) in [5, 5.41) is 2.87. The van der Waals surface area contributed by atoms with Crippen LogP contribution >= 0.6 is 45.2 Å². The van der Waals surface area contributed by atoms with Crippen molar-refractivity contribution < 1.29 is 0 Å². The Balaban J connectivity index is 3.26. The van der Waals surface area contributed by atoms with Crippen LogP contribution in [0.25, 0.3) is 3.58 Å². The third-order valence-corrected chi connectivity index (χ3v) is 11.9. The molecule has 1 unspecified atom stereocenters. The van der Waals surface area contributed by atoms with Gasteiger partial charge in [0.2, 0.25) is 5.25 Å². The van der Waals surface area contributed by atoms with Crippen molar-refractivity contribution in [2.24, 2.45) is 5.92 Å². The van der Waals surface area contributed by atoms with E-state index < -0.39 is 8.07 Å². The standard InChI is InChI=1S/C19H24I2NSSi/c1-7-14(2)17(19(21)24(4,5)6)12-18(20)15-8-9-16(22-13-15)10-11-23-3/h8-9,12-14H,3,7H2,1-2,4-6H3/q+1/b18-12-,19-17-. The fraction of sp³-hybridized carbons (Fsp3) is 0.368. The monoisotopic (exact) mass is 580 g/mol. The topological polar surface area (TPSA) is 12.9 Å². The average Bonchev–Trinajstić information content (AvgIpc) is 2.55. The van der Waals surface area contributed by atoms with E-state index in [0.29, 0.717) is 5.92 Å². The number of hydrogen-bond acceptors (Lipinski definition) is 1. The maximum Gasteiger partial charge on any atom is 0.272 e. The van der Waals surface area contributed by atoms with E-state index in [0.717, 1.165) is 17.7 Å². The maximum atomic E-state index is 4.43. The predicted molar refractivity (Wildman–Crippen MR) is 131 cm³/mol. The molecule has 0 aliphatic carbocycles. The van der Waals surface area contributed by atoms with Crippen molar-refractivity contribution >= 4 is 74.1 Å². The number of pyridine rings is 1. The molecule has 0 saturated heterocycles. The fourth-order valence-corrected chi connectivity index (χ4v) is 4.70. The summed E-state index contributed by atoms with van der Waals surface area (Å²) in [5.74, 6) is 7.19. The van der Waals surface area contributed by atoms with Gasteiger partial charge in [-0.25, -0.2) is 4.98 Å². The highest BCUT2D eigenvalue weighted by Gasteiger charge is 2.22. The molecule has 0 N–H and O–H groups in total. The lowest BCUT2D eigenvalue weighted by Gasteiger charge is -2.23. The van der Waals surface area contributed by atoms with Gasteiger partial charge in [0.15, 0.2) is 5.87 Å². The minimum atomic E-state index is -1.32. The molecule has 1 aromatic heterocycles. The molecule has 0 spiro atoms. The number of nitrogens with zero attached hydrogens (tertiary/aromatic N) is 1. The molecule has 5 heteroatoms. The number of hydrogen-bond donors (Lipinski definition) is 0. The van der Waals surface area contributed by atoms with Crippen LogP contribution in [0.5, 0.6) is 0 Å². The van der Waals surface area contributed by atoms with Gasteiger partial charge in [0.1, 0.15) is 5.69 Å². The predicted octanol–water partition coefficient (Wildman–Crippen LogP) is 6.29. The lowest BCUT2D eigenvalue weighted by Crippen LogP contribution is -2.23. The Kier molecular flexibility index (Phi) is 9.34. The van der Waals surface area contributed by atoms with Crippen LogP contribution in [0.4, 0.5) is 0 Å². The Labute approximate surface area is 179 Å². The van der Waals surface area contributed by atoms with E-state index in [4.69, 9.17) is 0 Å². The molecule has 0 amide bonds. The zero-order valence-corrected chi connectivity index (χ0v) is 21.0. The van der Waals surface area contributed by atoms with E-state index in [9.17, 15) is 0 Å². The van der Waals surface area contributed by atoms with Crippen molar-refractivity contribution in [3.63, 3.8) is 0 Å². The normalized spacial score (nSPS) is 14.4. The first-order valence-corrected chi connectivity index (χ1v) is 14.5. The van der Waals surface area contributed by atoms with Gasteiger partial charge in [-0.1, -0.05) is 56.1 Å². The van der Waals surface area contributed by atoms with Gasteiger partial charge in [-0.05, 0) is 61.9 Å². The van der Waals surface area contributed by atoms with Crippen LogP contribution in [0.1, 0.15) is 31.5 Å². The van der Waals surface area contributed by atoms with Crippen LogP contribution in [-0.4, -0.2) is 18.9 Å². The Morgan fingerprint density at radius 3 is 2.50 bits per heavy atom. The van der Waals surface area contributed by atoms with E-state index in [1.54, 1.807) is 3.20 Å². The van der Waals surface area contributed by atoms with Crippen molar-refractivity contribution in [3.8, 4) is 11.2 Å². The molecule has 1 aromatic rings. The zero-order valence-electron chi connectivity index (χ0n) is 14.9. The second kappa shape index (κ2) is 10.2.